The Hall–Kier alpha value is -0.610. The molecule has 0 aromatic rings. The van der Waals surface area contributed by atoms with Crippen LogP contribution in [0.15, 0.2) is 0 Å². The molecule has 0 unspecified atom stereocenters. The van der Waals surface area contributed by atoms with Crippen LogP contribution in [0.5, 0.6) is 0 Å². The van der Waals surface area contributed by atoms with Crippen molar-refractivity contribution in [2.75, 3.05) is 6.61 Å². The molecule has 4 N–H and O–H groups in total. The Bertz CT molecular complexity index is 135. The molecule has 0 rings (SSSR count). The Balaban J connectivity index is 3.81. The highest BCUT2D eigenvalue weighted by atomic mass is 16.3. The van der Waals surface area contributed by atoms with E-state index in [0.29, 0.717) is 6.42 Å². The number of carbonyl (C=O) groups is 1. The van der Waals surface area contributed by atoms with Gasteiger partial charge in [0.05, 0.1) is 18.7 Å². The first-order valence-electron chi connectivity index (χ1n) is 4.32. The molecule has 1 amide bonds. The quantitative estimate of drug-likeness (QED) is 0.531. The minimum atomic E-state index is -0.453. The summed E-state index contributed by atoms with van der Waals surface area (Å²) in [6.45, 7) is 3.72. The van der Waals surface area contributed by atoms with Crippen LogP contribution >= 0.6 is 0 Å². The topological polar surface area (TPSA) is 75.3 Å². The normalized spacial score (nSPS) is 15.3. The number of aliphatic hydroxyl groups is 1. The number of nitrogens with two attached hydrogens (primary N) is 1. The number of hydrogen-bond donors (Lipinski definition) is 3. The number of carbonyl (C=O) groups excluding carboxylic acids is 1. The smallest absolute Gasteiger partial charge is 0.237 e. The number of aliphatic hydroxyl groups excluding tert-OH is 1. The van der Waals surface area contributed by atoms with Crippen LogP contribution < -0.4 is 11.1 Å². The molecule has 0 fully saturated rings. The Kier molecular flexibility index (Phi) is 5.66. The zero-order valence-electron chi connectivity index (χ0n) is 7.71. The summed E-state index contributed by atoms with van der Waals surface area (Å²) in [6, 6.07) is -0.610. The van der Waals surface area contributed by atoms with E-state index in [-0.39, 0.29) is 18.6 Å². The van der Waals surface area contributed by atoms with Gasteiger partial charge in [-0.3, -0.25) is 4.79 Å². The summed E-state index contributed by atoms with van der Waals surface area (Å²) in [7, 11) is 0. The highest BCUT2D eigenvalue weighted by molar-refractivity contribution is 5.81. The molecule has 0 radical (unpaired) electrons. The van der Waals surface area contributed by atoms with Gasteiger partial charge in [0.1, 0.15) is 0 Å². The lowest BCUT2D eigenvalue weighted by Gasteiger charge is -2.16. The lowest BCUT2D eigenvalue weighted by atomic mass is 10.2. The molecule has 0 aliphatic heterocycles. The number of nitrogens with one attached hydrogen (secondary N) is 1. The van der Waals surface area contributed by atoms with Gasteiger partial charge in [-0.1, -0.05) is 13.8 Å². The maximum absolute atomic E-state index is 11.2. The van der Waals surface area contributed by atoms with E-state index in [2.05, 4.69) is 5.32 Å². The molecule has 2 atom stereocenters. The zero-order valence-corrected chi connectivity index (χ0v) is 7.71. The van der Waals surface area contributed by atoms with Gasteiger partial charge < -0.3 is 16.2 Å². The highest BCUT2D eigenvalue weighted by Crippen LogP contribution is 1.92. The van der Waals surface area contributed by atoms with Gasteiger partial charge in [0.15, 0.2) is 0 Å². The fourth-order valence-corrected chi connectivity index (χ4v) is 0.770. The second-order valence-electron chi connectivity index (χ2n) is 2.81. The van der Waals surface area contributed by atoms with Crippen molar-refractivity contribution in [1.82, 2.24) is 5.32 Å². The van der Waals surface area contributed by atoms with Gasteiger partial charge >= 0.3 is 0 Å². The van der Waals surface area contributed by atoms with Crippen LogP contribution in [0.4, 0.5) is 0 Å². The summed E-state index contributed by atoms with van der Waals surface area (Å²) in [5, 5.41) is 11.4. The third kappa shape index (κ3) is 3.69. The molecule has 0 aliphatic carbocycles. The first-order valence-corrected chi connectivity index (χ1v) is 4.32. The van der Waals surface area contributed by atoms with Crippen LogP contribution in [0.3, 0.4) is 0 Å². The molecular weight excluding hydrogens is 156 g/mol. The minimum Gasteiger partial charge on any atom is -0.394 e. The van der Waals surface area contributed by atoms with Gasteiger partial charge in [-0.05, 0) is 12.8 Å². The molecule has 0 bridgehead atoms. The zero-order chi connectivity index (χ0) is 9.56. The van der Waals surface area contributed by atoms with Crippen LogP contribution in [0, 0.1) is 0 Å². The fourth-order valence-electron chi connectivity index (χ4n) is 0.770. The molecule has 0 aromatic carbocycles. The fraction of sp³-hybridized carbons (Fsp3) is 0.875. The molecule has 4 nitrogen and oxygen atoms in total. The first kappa shape index (κ1) is 11.4. The van der Waals surface area contributed by atoms with Crippen molar-refractivity contribution in [2.24, 2.45) is 5.73 Å². The predicted molar refractivity (Wildman–Crippen MR) is 47.6 cm³/mol. The third-order valence-corrected chi connectivity index (χ3v) is 1.84. The van der Waals surface area contributed by atoms with Crippen molar-refractivity contribution in [2.45, 2.75) is 38.8 Å². The first-order chi connectivity index (χ1) is 5.65. The molecule has 72 valence electrons. The Labute approximate surface area is 73.1 Å². The van der Waals surface area contributed by atoms with Gasteiger partial charge in [0, 0.05) is 0 Å². The highest BCUT2D eigenvalue weighted by Gasteiger charge is 2.14. The molecule has 12 heavy (non-hydrogen) atoms. The summed E-state index contributed by atoms with van der Waals surface area (Å²) in [4.78, 5) is 11.2. The maximum atomic E-state index is 11.2. The summed E-state index contributed by atoms with van der Waals surface area (Å²) < 4.78 is 0. The van der Waals surface area contributed by atoms with Crippen LogP contribution in [-0.2, 0) is 4.79 Å². The van der Waals surface area contributed by atoms with Gasteiger partial charge in [-0.25, -0.2) is 0 Å². The second kappa shape index (κ2) is 5.97. The predicted octanol–water partition coefficient (Wildman–Crippen LogP) is -0.389. The number of hydrogen-bond acceptors (Lipinski definition) is 3. The standard InChI is InChI=1S/C8H18N2O2/c1-3-6(5-11)10-8(12)7(9)4-2/h6-7,11H,3-5,9H2,1-2H3,(H,10,12)/t6-,7-/m0/s1. The Morgan fingerprint density at radius 3 is 2.42 bits per heavy atom. The monoisotopic (exact) mass is 174 g/mol. The summed E-state index contributed by atoms with van der Waals surface area (Å²) in [5.74, 6) is -0.182. The van der Waals surface area contributed by atoms with Gasteiger partial charge in [-0.15, -0.1) is 0 Å². The van der Waals surface area contributed by atoms with E-state index in [1.165, 1.54) is 0 Å². The van der Waals surface area contributed by atoms with E-state index in [9.17, 15) is 4.79 Å². The second-order valence-corrected chi connectivity index (χ2v) is 2.81. The Morgan fingerprint density at radius 1 is 1.50 bits per heavy atom. The SMILES string of the molecule is CC[C@@H](CO)NC(=O)[C@@H](N)CC. The molecule has 0 heterocycles. The van der Waals surface area contributed by atoms with Crippen LogP contribution in [-0.4, -0.2) is 29.7 Å². The Morgan fingerprint density at radius 2 is 2.08 bits per heavy atom. The lowest BCUT2D eigenvalue weighted by molar-refractivity contribution is -0.123. The molecular formula is C8H18N2O2. The van der Waals surface area contributed by atoms with Gasteiger partial charge in [0.2, 0.25) is 5.91 Å². The molecule has 0 aliphatic rings. The van der Waals surface area contributed by atoms with Crippen molar-refractivity contribution in [3.8, 4) is 0 Å². The van der Waals surface area contributed by atoms with Crippen LogP contribution in [0.25, 0.3) is 0 Å². The maximum Gasteiger partial charge on any atom is 0.237 e. The van der Waals surface area contributed by atoms with Crippen molar-refractivity contribution in [3.63, 3.8) is 0 Å². The summed E-state index contributed by atoms with van der Waals surface area (Å²) >= 11 is 0. The van der Waals surface area contributed by atoms with Crippen LogP contribution in [0.1, 0.15) is 26.7 Å². The van der Waals surface area contributed by atoms with E-state index >= 15 is 0 Å². The van der Waals surface area contributed by atoms with Crippen molar-refractivity contribution >= 4 is 5.91 Å². The van der Waals surface area contributed by atoms with Crippen molar-refractivity contribution in [1.29, 1.82) is 0 Å². The van der Waals surface area contributed by atoms with E-state index in [1.54, 1.807) is 0 Å². The lowest BCUT2D eigenvalue weighted by Crippen LogP contribution is -2.46. The molecule has 0 saturated carbocycles. The molecule has 0 saturated heterocycles. The molecule has 0 aromatic heterocycles. The van der Waals surface area contributed by atoms with E-state index in [4.69, 9.17) is 10.8 Å². The number of amides is 1. The van der Waals surface area contributed by atoms with E-state index in [1.807, 2.05) is 13.8 Å². The van der Waals surface area contributed by atoms with Crippen molar-refractivity contribution in [3.05, 3.63) is 0 Å². The average molecular weight is 174 g/mol. The van der Waals surface area contributed by atoms with Gasteiger partial charge in [-0.2, -0.15) is 0 Å². The van der Waals surface area contributed by atoms with Crippen molar-refractivity contribution < 1.29 is 9.90 Å². The van der Waals surface area contributed by atoms with E-state index in [0.717, 1.165) is 6.42 Å². The minimum absolute atomic E-state index is 0.0291. The molecule has 0 spiro atoms. The van der Waals surface area contributed by atoms with Gasteiger partial charge in [0.25, 0.3) is 0 Å². The molecule has 4 heteroatoms. The summed E-state index contributed by atoms with van der Waals surface area (Å²) in [5.41, 5.74) is 5.48. The third-order valence-electron chi connectivity index (χ3n) is 1.84. The largest absolute Gasteiger partial charge is 0.394 e. The van der Waals surface area contributed by atoms with E-state index < -0.39 is 6.04 Å². The summed E-state index contributed by atoms with van der Waals surface area (Å²) in [6.07, 6.45) is 1.34. The van der Waals surface area contributed by atoms with Crippen LogP contribution in [0.2, 0.25) is 0 Å². The average Bonchev–Trinajstić information content (AvgIpc) is 2.12. The number of rotatable bonds is 5.